The molecule has 122 valence electrons. The molecular formula is C18H22N2O3. The number of aromatic hydroxyl groups is 1. The van der Waals surface area contributed by atoms with Gasteiger partial charge in [0.2, 0.25) is 11.3 Å². The van der Waals surface area contributed by atoms with Crippen LogP contribution in [0.4, 0.5) is 0 Å². The molecule has 5 nitrogen and oxygen atoms in total. The maximum absolute atomic E-state index is 11.8. The number of nitrogens with one attached hydrogen (secondary N) is 1. The summed E-state index contributed by atoms with van der Waals surface area (Å²) in [6.45, 7) is 3.05. The van der Waals surface area contributed by atoms with E-state index in [1.807, 2.05) is 34.9 Å². The average molecular weight is 314 g/mol. The lowest BCUT2D eigenvalue weighted by atomic mass is 10.1. The number of benzene rings is 1. The second-order valence-electron chi connectivity index (χ2n) is 5.53. The van der Waals surface area contributed by atoms with E-state index in [-0.39, 0.29) is 17.1 Å². The van der Waals surface area contributed by atoms with Gasteiger partial charge in [0.05, 0.1) is 12.1 Å². The van der Waals surface area contributed by atoms with E-state index in [4.69, 9.17) is 0 Å². The number of pyridine rings is 1. The first kappa shape index (κ1) is 16.8. The normalized spacial score (nSPS) is 10.5. The van der Waals surface area contributed by atoms with Crippen molar-refractivity contribution in [3.05, 3.63) is 64.1 Å². The highest BCUT2D eigenvalue weighted by molar-refractivity contribution is 5.78. The molecule has 0 aliphatic rings. The zero-order chi connectivity index (χ0) is 16.7. The van der Waals surface area contributed by atoms with E-state index in [1.165, 1.54) is 6.07 Å². The Bertz CT molecular complexity index is 708. The monoisotopic (exact) mass is 314 g/mol. The summed E-state index contributed by atoms with van der Waals surface area (Å²) in [5, 5.41) is 12.5. The number of aromatic nitrogens is 1. The number of hydrogen-bond donors (Lipinski definition) is 2. The first-order valence-electron chi connectivity index (χ1n) is 7.77. The second kappa shape index (κ2) is 8.17. The Labute approximate surface area is 135 Å². The number of unbranched alkanes of at least 4 members (excludes halogenated alkanes) is 1. The molecule has 1 aromatic carbocycles. The molecule has 0 atom stereocenters. The van der Waals surface area contributed by atoms with Crippen molar-refractivity contribution < 1.29 is 9.90 Å². The van der Waals surface area contributed by atoms with Gasteiger partial charge in [-0.15, -0.1) is 0 Å². The number of amides is 1. The van der Waals surface area contributed by atoms with Gasteiger partial charge in [-0.3, -0.25) is 9.59 Å². The maximum atomic E-state index is 11.8. The molecule has 1 amide bonds. The number of carbonyl (C=O) groups excluding carboxylic acids is 1. The van der Waals surface area contributed by atoms with Crippen LogP contribution in [0.5, 0.6) is 5.75 Å². The van der Waals surface area contributed by atoms with Crippen molar-refractivity contribution in [3.8, 4) is 5.75 Å². The fraction of sp³-hybridized carbons (Fsp3) is 0.333. The van der Waals surface area contributed by atoms with Crippen LogP contribution in [-0.2, 0) is 17.8 Å². The van der Waals surface area contributed by atoms with Gasteiger partial charge in [0.15, 0.2) is 5.75 Å². The average Bonchev–Trinajstić information content (AvgIpc) is 2.55. The van der Waals surface area contributed by atoms with Crippen LogP contribution in [0.2, 0.25) is 0 Å². The third kappa shape index (κ3) is 4.98. The molecule has 0 saturated heterocycles. The van der Waals surface area contributed by atoms with Crippen molar-refractivity contribution in [1.82, 2.24) is 9.88 Å². The van der Waals surface area contributed by atoms with Crippen molar-refractivity contribution in [2.45, 2.75) is 32.7 Å². The predicted molar refractivity (Wildman–Crippen MR) is 89.5 cm³/mol. The minimum atomic E-state index is -0.355. The summed E-state index contributed by atoms with van der Waals surface area (Å²) >= 11 is 0. The Balaban J connectivity index is 1.69. The van der Waals surface area contributed by atoms with Crippen LogP contribution in [0.15, 0.2) is 47.4 Å². The van der Waals surface area contributed by atoms with Gasteiger partial charge in [0.1, 0.15) is 0 Å². The summed E-state index contributed by atoms with van der Waals surface area (Å²) < 4.78 is 1.85. The number of aryl methyl sites for hydroxylation is 1. The van der Waals surface area contributed by atoms with E-state index in [1.54, 1.807) is 13.1 Å². The van der Waals surface area contributed by atoms with Crippen molar-refractivity contribution in [2.75, 3.05) is 6.54 Å². The molecule has 0 unspecified atom stereocenters. The highest BCUT2D eigenvalue weighted by Gasteiger charge is 2.05. The van der Waals surface area contributed by atoms with E-state index in [0.717, 1.165) is 18.4 Å². The number of rotatable bonds is 7. The van der Waals surface area contributed by atoms with E-state index in [0.29, 0.717) is 25.2 Å². The van der Waals surface area contributed by atoms with Crippen molar-refractivity contribution in [3.63, 3.8) is 0 Å². The summed E-state index contributed by atoms with van der Waals surface area (Å²) in [6, 6.07) is 11.0. The molecule has 0 radical (unpaired) electrons. The van der Waals surface area contributed by atoms with Gasteiger partial charge in [-0.05, 0) is 25.3 Å². The Hall–Kier alpha value is -2.56. The van der Waals surface area contributed by atoms with Gasteiger partial charge in [-0.25, -0.2) is 0 Å². The van der Waals surface area contributed by atoms with Gasteiger partial charge in [-0.1, -0.05) is 30.3 Å². The largest absolute Gasteiger partial charge is 0.503 e. The van der Waals surface area contributed by atoms with Crippen LogP contribution < -0.4 is 10.7 Å². The third-order valence-electron chi connectivity index (χ3n) is 3.77. The lowest BCUT2D eigenvalue weighted by molar-refractivity contribution is -0.120. The van der Waals surface area contributed by atoms with Crippen LogP contribution in [0.1, 0.15) is 24.1 Å². The molecule has 5 heteroatoms. The molecule has 1 heterocycles. The van der Waals surface area contributed by atoms with Crippen LogP contribution in [0, 0.1) is 6.92 Å². The molecule has 2 aromatic rings. The smallest absolute Gasteiger partial charge is 0.224 e. The van der Waals surface area contributed by atoms with Gasteiger partial charge < -0.3 is 15.0 Å². The highest BCUT2D eigenvalue weighted by atomic mass is 16.3. The number of carbonyl (C=O) groups is 1. The van der Waals surface area contributed by atoms with Gasteiger partial charge in [0.25, 0.3) is 0 Å². The molecule has 0 saturated carbocycles. The predicted octanol–water partition coefficient (Wildman–Crippen LogP) is 2.00. The maximum Gasteiger partial charge on any atom is 0.224 e. The third-order valence-corrected chi connectivity index (χ3v) is 3.77. The molecular weight excluding hydrogens is 292 g/mol. The quantitative estimate of drug-likeness (QED) is 0.768. The van der Waals surface area contributed by atoms with Gasteiger partial charge >= 0.3 is 0 Å². The molecule has 0 spiro atoms. The van der Waals surface area contributed by atoms with Gasteiger partial charge in [-0.2, -0.15) is 0 Å². The zero-order valence-electron chi connectivity index (χ0n) is 13.3. The summed E-state index contributed by atoms with van der Waals surface area (Å²) in [7, 11) is 0. The zero-order valence-corrected chi connectivity index (χ0v) is 13.3. The fourth-order valence-corrected chi connectivity index (χ4v) is 2.38. The van der Waals surface area contributed by atoms with Crippen LogP contribution in [0.25, 0.3) is 0 Å². The Kier molecular flexibility index (Phi) is 5.97. The lowest BCUT2D eigenvalue weighted by Crippen LogP contribution is -2.26. The van der Waals surface area contributed by atoms with Crippen molar-refractivity contribution >= 4 is 5.91 Å². The molecule has 0 aliphatic heterocycles. The van der Waals surface area contributed by atoms with Crippen LogP contribution >= 0.6 is 0 Å². The van der Waals surface area contributed by atoms with E-state index in [2.05, 4.69) is 5.32 Å². The minimum Gasteiger partial charge on any atom is -0.503 e. The number of nitrogens with zero attached hydrogens (tertiary/aromatic N) is 1. The minimum absolute atomic E-state index is 0.0217. The Morgan fingerprint density at radius 2 is 1.91 bits per heavy atom. The molecule has 0 aliphatic carbocycles. The topological polar surface area (TPSA) is 71.3 Å². The van der Waals surface area contributed by atoms with E-state index < -0.39 is 0 Å². The molecule has 1 aromatic heterocycles. The van der Waals surface area contributed by atoms with Crippen LogP contribution in [0.3, 0.4) is 0 Å². The highest BCUT2D eigenvalue weighted by Crippen LogP contribution is 2.10. The Morgan fingerprint density at radius 1 is 1.17 bits per heavy atom. The number of hydrogen-bond acceptors (Lipinski definition) is 3. The van der Waals surface area contributed by atoms with E-state index >= 15 is 0 Å². The first-order chi connectivity index (χ1) is 11.1. The van der Waals surface area contributed by atoms with E-state index in [9.17, 15) is 14.7 Å². The summed E-state index contributed by atoms with van der Waals surface area (Å²) in [6.07, 6.45) is 3.78. The first-order valence-corrected chi connectivity index (χ1v) is 7.77. The standard InChI is InChI=1S/C18H22N2O3/c1-14-18(23)16(21)9-12-20(14)11-6-5-10-19-17(22)13-15-7-3-2-4-8-15/h2-4,7-9,12,23H,5-6,10-11,13H2,1H3,(H,19,22). The SMILES string of the molecule is Cc1c(O)c(=O)ccn1CCCCNC(=O)Cc1ccccc1. The van der Waals surface area contributed by atoms with Gasteiger partial charge in [0, 0.05) is 25.4 Å². The molecule has 2 rings (SSSR count). The second-order valence-corrected chi connectivity index (χ2v) is 5.53. The summed E-state index contributed by atoms with van der Waals surface area (Å²) in [5.74, 6) is -0.169. The summed E-state index contributed by atoms with van der Waals surface area (Å²) in [5.41, 5.74) is 1.22. The molecule has 0 fully saturated rings. The van der Waals surface area contributed by atoms with Crippen molar-refractivity contribution in [2.24, 2.45) is 0 Å². The van der Waals surface area contributed by atoms with Crippen molar-refractivity contribution in [1.29, 1.82) is 0 Å². The lowest BCUT2D eigenvalue weighted by Gasteiger charge is -2.11. The van der Waals surface area contributed by atoms with Crippen LogP contribution in [-0.4, -0.2) is 22.1 Å². The molecule has 0 bridgehead atoms. The molecule has 23 heavy (non-hydrogen) atoms. The molecule has 2 N–H and O–H groups in total. The summed E-state index contributed by atoms with van der Waals surface area (Å²) in [4.78, 5) is 23.1. The Morgan fingerprint density at radius 3 is 2.65 bits per heavy atom. The fourth-order valence-electron chi connectivity index (χ4n) is 2.38.